The first kappa shape index (κ1) is 10.2. The maximum absolute atomic E-state index is 6.14. The third-order valence-electron chi connectivity index (χ3n) is 2.89. The van der Waals surface area contributed by atoms with E-state index in [0.717, 1.165) is 12.3 Å². The lowest BCUT2D eigenvalue weighted by Gasteiger charge is -2.12. The number of nitrogens with two attached hydrogens (primary N) is 1. The summed E-state index contributed by atoms with van der Waals surface area (Å²) >= 11 is 3.50. The van der Waals surface area contributed by atoms with Crippen LogP contribution in [0.25, 0.3) is 0 Å². The highest BCUT2D eigenvalue weighted by Crippen LogP contribution is 2.37. The molecule has 0 amide bonds. The van der Waals surface area contributed by atoms with Crippen molar-refractivity contribution in [1.29, 1.82) is 0 Å². The molecule has 1 nitrogen and oxygen atoms in total. The van der Waals surface area contributed by atoms with Crippen molar-refractivity contribution in [3.63, 3.8) is 0 Å². The first-order chi connectivity index (χ1) is 6.66. The molecule has 0 aromatic heterocycles. The van der Waals surface area contributed by atoms with Gasteiger partial charge in [0.1, 0.15) is 0 Å². The molecule has 1 fully saturated rings. The molecule has 76 valence electrons. The predicted octanol–water partition coefficient (Wildman–Crippen LogP) is 3.56. The first-order valence-electron chi connectivity index (χ1n) is 5.18. The Morgan fingerprint density at radius 3 is 2.79 bits per heavy atom. The molecule has 0 aliphatic heterocycles. The molecule has 1 atom stereocenters. The third-order valence-corrected chi connectivity index (χ3v) is 3.78. The van der Waals surface area contributed by atoms with Crippen LogP contribution in [0.2, 0.25) is 0 Å². The zero-order valence-electron chi connectivity index (χ0n) is 8.46. The molecule has 0 radical (unpaired) electrons. The number of halogens is 1. The maximum atomic E-state index is 6.14. The van der Waals surface area contributed by atoms with Gasteiger partial charge in [0.05, 0.1) is 0 Å². The summed E-state index contributed by atoms with van der Waals surface area (Å²) in [6.07, 6.45) is 3.91. The second kappa shape index (κ2) is 4.03. The van der Waals surface area contributed by atoms with Gasteiger partial charge in [-0.1, -0.05) is 40.9 Å². The molecule has 0 heterocycles. The van der Waals surface area contributed by atoms with Crippen molar-refractivity contribution in [2.45, 2.75) is 32.2 Å². The van der Waals surface area contributed by atoms with Crippen molar-refractivity contribution in [2.24, 2.45) is 11.7 Å². The molecular formula is C12H16BrN. The Bertz CT molecular complexity index is 331. The number of benzene rings is 1. The highest BCUT2D eigenvalue weighted by molar-refractivity contribution is 9.10. The molecule has 1 aliphatic carbocycles. The van der Waals surface area contributed by atoms with Gasteiger partial charge in [-0.3, -0.25) is 0 Å². The van der Waals surface area contributed by atoms with Crippen molar-refractivity contribution >= 4 is 15.9 Å². The van der Waals surface area contributed by atoms with Gasteiger partial charge in [-0.05, 0) is 36.5 Å². The van der Waals surface area contributed by atoms with E-state index in [0.29, 0.717) is 0 Å². The molecule has 1 saturated carbocycles. The van der Waals surface area contributed by atoms with Gasteiger partial charge in [0.2, 0.25) is 0 Å². The van der Waals surface area contributed by atoms with E-state index in [1.165, 1.54) is 28.4 Å². The molecule has 0 unspecified atom stereocenters. The molecule has 0 bridgehead atoms. The molecule has 2 N–H and O–H groups in total. The van der Waals surface area contributed by atoms with Crippen LogP contribution in [0.1, 0.15) is 36.4 Å². The fraction of sp³-hybridized carbons (Fsp3) is 0.500. The summed E-state index contributed by atoms with van der Waals surface area (Å²) in [6.45, 7) is 2.11. The number of rotatable bonds is 3. The predicted molar refractivity (Wildman–Crippen MR) is 63.1 cm³/mol. The van der Waals surface area contributed by atoms with Crippen molar-refractivity contribution in [3.8, 4) is 0 Å². The van der Waals surface area contributed by atoms with Crippen LogP contribution >= 0.6 is 15.9 Å². The van der Waals surface area contributed by atoms with Gasteiger partial charge in [0.25, 0.3) is 0 Å². The number of aryl methyl sites for hydroxylation is 1. The fourth-order valence-corrected chi connectivity index (χ4v) is 1.99. The Labute approximate surface area is 93.8 Å². The van der Waals surface area contributed by atoms with Crippen molar-refractivity contribution in [2.75, 3.05) is 0 Å². The largest absolute Gasteiger partial charge is 0.324 e. The topological polar surface area (TPSA) is 26.0 Å². The van der Waals surface area contributed by atoms with Crippen LogP contribution in [-0.4, -0.2) is 0 Å². The van der Waals surface area contributed by atoms with E-state index in [2.05, 4.69) is 41.1 Å². The second-order valence-corrected chi connectivity index (χ2v) is 5.15. The smallest absolute Gasteiger partial charge is 0.0297 e. The molecule has 1 aromatic rings. The second-order valence-electron chi connectivity index (χ2n) is 4.29. The highest BCUT2D eigenvalue weighted by Gasteiger charge is 2.24. The molecular weight excluding hydrogens is 238 g/mol. The summed E-state index contributed by atoms with van der Waals surface area (Å²) in [5, 5.41) is 0. The Morgan fingerprint density at radius 1 is 1.50 bits per heavy atom. The standard InChI is InChI=1S/C12H16BrN/c1-8-6-10(4-5-11(8)13)12(14)7-9-2-3-9/h4-6,9,12H,2-3,7,14H2,1H3/t12-/m0/s1. The summed E-state index contributed by atoms with van der Waals surface area (Å²) in [5.74, 6) is 0.897. The molecule has 2 rings (SSSR count). The zero-order valence-corrected chi connectivity index (χ0v) is 10.0. The van der Waals surface area contributed by atoms with Crippen LogP contribution < -0.4 is 5.73 Å². The third kappa shape index (κ3) is 2.37. The van der Waals surface area contributed by atoms with Gasteiger partial charge >= 0.3 is 0 Å². The number of hydrogen-bond donors (Lipinski definition) is 1. The normalized spacial score (nSPS) is 18.2. The van der Waals surface area contributed by atoms with E-state index in [-0.39, 0.29) is 6.04 Å². The van der Waals surface area contributed by atoms with Crippen LogP contribution in [0.15, 0.2) is 22.7 Å². The van der Waals surface area contributed by atoms with Gasteiger partial charge in [0.15, 0.2) is 0 Å². The van der Waals surface area contributed by atoms with Gasteiger partial charge in [-0.15, -0.1) is 0 Å². The Hall–Kier alpha value is -0.340. The van der Waals surface area contributed by atoms with E-state index in [4.69, 9.17) is 5.73 Å². The van der Waals surface area contributed by atoms with Crippen molar-refractivity contribution < 1.29 is 0 Å². The van der Waals surface area contributed by atoms with Gasteiger partial charge in [-0.2, -0.15) is 0 Å². The molecule has 14 heavy (non-hydrogen) atoms. The van der Waals surface area contributed by atoms with E-state index >= 15 is 0 Å². The van der Waals surface area contributed by atoms with Gasteiger partial charge in [-0.25, -0.2) is 0 Å². The average Bonchev–Trinajstić information content (AvgIpc) is 2.93. The lowest BCUT2D eigenvalue weighted by Crippen LogP contribution is -2.11. The Kier molecular flexibility index (Phi) is 2.93. The van der Waals surface area contributed by atoms with Crippen molar-refractivity contribution in [3.05, 3.63) is 33.8 Å². The summed E-state index contributed by atoms with van der Waals surface area (Å²) < 4.78 is 1.17. The van der Waals surface area contributed by atoms with E-state index in [1.54, 1.807) is 0 Å². The minimum Gasteiger partial charge on any atom is -0.324 e. The molecule has 0 spiro atoms. The lowest BCUT2D eigenvalue weighted by atomic mass is 10.0. The van der Waals surface area contributed by atoms with Crippen LogP contribution in [0.5, 0.6) is 0 Å². The quantitative estimate of drug-likeness (QED) is 0.876. The zero-order chi connectivity index (χ0) is 10.1. The fourth-order valence-electron chi connectivity index (χ4n) is 1.75. The molecule has 0 saturated heterocycles. The summed E-state index contributed by atoms with van der Waals surface area (Å²) in [6, 6.07) is 6.65. The van der Waals surface area contributed by atoms with Gasteiger partial charge < -0.3 is 5.73 Å². The first-order valence-corrected chi connectivity index (χ1v) is 5.98. The molecule has 1 aliphatic rings. The Balaban J connectivity index is 2.10. The van der Waals surface area contributed by atoms with Crippen LogP contribution in [0, 0.1) is 12.8 Å². The van der Waals surface area contributed by atoms with E-state index in [1.807, 2.05) is 0 Å². The van der Waals surface area contributed by atoms with Crippen LogP contribution in [0.3, 0.4) is 0 Å². The summed E-state index contributed by atoms with van der Waals surface area (Å²) in [7, 11) is 0. The van der Waals surface area contributed by atoms with E-state index in [9.17, 15) is 0 Å². The Morgan fingerprint density at radius 2 is 2.21 bits per heavy atom. The maximum Gasteiger partial charge on any atom is 0.0297 e. The minimum absolute atomic E-state index is 0.231. The average molecular weight is 254 g/mol. The highest BCUT2D eigenvalue weighted by atomic mass is 79.9. The number of hydrogen-bond acceptors (Lipinski definition) is 1. The SMILES string of the molecule is Cc1cc([C@@H](N)CC2CC2)ccc1Br. The monoisotopic (exact) mass is 253 g/mol. The summed E-state index contributed by atoms with van der Waals surface area (Å²) in [4.78, 5) is 0. The molecule has 1 aromatic carbocycles. The van der Waals surface area contributed by atoms with Crippen LogP contribution in [0.4, 0.5) is 0 Å². The van der Waals surface area contributed by atoms with Gasteiger partial charge in [0, 0.05) is 10.5 Å². The minimum atomic E-state index is 0.231. The van der Waals surface area contributed by atoms with Crippen molar-refractivity contribution in [1.82, 2.24) is 0 Å². The molecule has 2 heteroatoms. The lowest BCUT2D eigenvalue weighted by molar-refractivity contribution is 0.596. The van der Waals surface area contributed by atoms with Crippen LogP contribution in [-0.2, 0) is 0 Å². The van der Waals surface area contributed by atoms with E-state index < -0.39 is 0 Å². The summed E-state index contributed by atoms with van der Waals surface area (Å²) in [5.41, 5.74) is 8.69.